The molecule has 0 aromatic heterocycles. The van der Waals surface area contributed by atoms with Gasteiger partial charge in [-0.15, -0.1) is 0 Å². The van der Waals surface area contributed by atoms with Gasteiger partial charge < -0.3 is 47.4 Å². The molecule has 0 saturated carbocycles. The lowest BCUT2D eigenvalue weighted by molar-refractivity contribution is -0.341. The summed E-state index contributed by atoms with van der Waals surface area (Å²) in [6, 6.07) is 8.85. The summed E-state index contributed by atoms with van der Waals surface area (Å²) < 4.78 is 56.8. The van der Waals surface area contributed by atoms with Crippen molar-refractivity contribution in [1.82, 2.24) is 0 Å². The standard InChI is InChI=1S/C32H40O17S/c1-15(33)40-13-23-25(42-17(3)35)27(43-18(4)36)29(45-20(6)38)31(47-23)49-26-24(14-41-16(2)34)48-32(50-22-11-9-8-10-12-22)30(46-21(7)39)28(26)44-19(5)37/h8-12,23-32H,13-14H2,1-7H3/t23-,24+,25+,26+,27-,28-,29+,30+,31-,32-/m0/s1. The summed E-state index contributed by atoms with van der Waals surface area (Å²) in [5.41, 5.74) is -1.05. The lowest BCUT2D eigenvalue weighted by Gasteiger charge is -2.48. The molecule has 50 heavy (non-hydrogen) atoms. The first kappa shape index (κ1) is 40.2. The lowest BCUT2D eigenvalue weighted by atomic mass is 9.96. The number of hydrogen-bond acceptors (Lipinski definition) is 18. The first-order valence-electron chi connectivity index (χ1n) is 15.4. The van der Waals surface area contributed by atoms with E-state index in [1.54, 1.807) is 30.3 Å². The van der Waals surface area contributed by atoms with Crippen LogP contribution < -0.4 is 0 Å². The van der Waals surface area contributed by atoms with E-state index in [-0.39, 0.29) is 0 Å². The molecule has 10 atom stereocenters. The molecule has 2 aliphatic rings. The smallest absolute Gasteiger partial charge is 0.303 e. The Hall–Kier alpha value is -4.26. The van der Waals surface area contributed by atoms with Gasteiger partial charge in [-0.25, -0.2) is 0 Å². The van der Waals surface area contributed by atoms with Gasteiger partial charge in [0.1, 0.15) is 37.0 Å². The van der Waals surface area contributed by atoms with Gasteiger partial charge in [-0.1, -0.05) is 30.0 Å². The summed E-state index contributed by atoms with van der Waals surface area (Å²) in [5.74, 6) is -5.63. The maximum Gasteiger partial charge on any atom is 0.303 e. The van der Waals surface area contributed by atoms with E-state index >= 15 is 0 Å². The molecular formula is C32H40O17S. The second-order valence-electron chi connectivity index (χ2n) is 11.1. The Morgan fingerprint density at radius 1 is 0.520 bits per heavy atom. The van der Waals surface area contributed by atoms with E-state index in [1.807, 2.05) is 0 Å². The maximum absolute atomic E-state index is 12.5. The SMILES string of the molecule is CC(=O)OC[C@@H]1O[C@@H](O[C@H]2[C@H](OC(C)=O)[C@@H](OC(C)=O)[C@H](Sc3ccccc3)O[C@@H]2COC(C)=O)[C@H](OC(C)=O)[C@@H](OC(C)=O)[C@@H]1OC(C)=O. The van der Waals surface area contributed by atoms with Gasteiger partial charge >= 0.3 is 41.8 Å². The Morgan fingerprint density at radius 2 is 0.940 bits per heavy atom. The van der Waals surface area contributed by atoms with E-state index in [1.165, 1.54) is 0 Å². The highest BCUT2D eigenvalue weighted by Crippen LogP contribution is 2.39. The molecule has 0 aliphatic carbocycles. The van der Waals surface area contributed by atoms with Crippen LogP contribution in [0.25, 0.3) is 0 Å². The van der Waals surface area contributed by atoms with Crippen LogP contribution in [0.15, 0.2) is 35.2 Å². The number of benzene rings is 1. The number of carbonyl (C=O) groups excluding carboxylic acids is 7. The molecule has 0 radical (unpaired) electrons. The second-order valence-corrected chi connectivity index (χ2v) is 12.3. The number of rotatable bonds is 13. The monoisotopic (exact) mass is 728 g/mol. The molecule has 1 aromatic carbocycles. The van der Waals surface area contributed by atoms with E-state index in [9.17, 15) is 33.6 Å². The third-order valence-electron chi connectivity index (χ3n) is 6.88. The van der Waals surface area contributed by atoms with Crippen LogP contribution >= 0.6 is 11.8 Å². The number of carbonyl (C=O) groups is 7. The highest BCUT2D eigenvalue weighted by molar-refractivity contribution is 7.99. The number of hydrogen-bond donors (Lipinski definition) is 0. The average Bonchev–Trinajstić information content (AvgIpc) is 3.00. The van der Waals surface area contributed by atoms with Crippen LogP contribution in [0.4, 0.5) is 0 Å². The number of thioether (sulfide) groups is 1. The van der Waals surface area contributed by atoms with Crippen LogP contribution in [0.5, 0.6) is 0 Å². The fourth-order valence-corrected chi connectivity index (χ4v) is 6.33. The van der Waals surface area contributed by atoms with Crippen LogP contribution in [0.1, 0.15) is 48.5 Å². The molecular weight excluding hydrogens is 688 g/mol. The topological polar surface area (TPSA) is 212 Å². The third-order valence-corrected chi connectivity index (χ3v) is 8.04. The highest BCUT2D eigenvalue weighted by Gasteiger charge is 2.57. The minimum Gasteiger partial charge on any atom is -0.463 e. The molecule has 1 aromatic rings. The minimum absolute atomic E-state index is 0.471. The lowest BCUT2D eigenvalue weighted by Crippen LogP contribution is -2.66. The van der Waals surface area contributed by atoms with E-state index in [2.05, 4.69) is 0 Å². The van der Waals surface area contributed by atoms with Crippen molar-refractivity contribution in [2.75, 3.05) is 13.2 Å². The van der Waals surface area contributed by atoms with Gasteiger partial charge in [0, 0.05) is 53.4 Å². The zero-order valence-electron chi connectivity index (χ0n) is 28.4. The van der Waals surface area contributed by atoms with Crippen molar-refractivity contribution in [1.29, 1.82) is 0 Å². The molecule has 2 saturated heterocycles. The predicted octanol–water partition coefficient (Wildman–Crippen LogP) is 1.40. The molecule has 0 spiro atoms. The maximum atomic E-state index is 12.5. The number of esters is 7. The normalized spacial score (nSPS) is 29.0. The fourth-order valence-electron chi connectivity index (χ4n) is 5.20. The summed E-state index contributed by atoms with van der Waals surface area (Å²) in [6.07, 6.45) is -13.4. The minimum atomic E-state index is -1.75. The van der Waals surface area contributed by atoms with Crippen molar-refractivity contribution >= 4 is 53.5 Å². The van der Waals surface area contributed by atoms with Gasteiger partial charge in [0.05, 0.1) is 0 Å². The van der Waals surface area contributed by atoms with Crippen LogP contribution in [0, 0.1) is 0 Å². The predicted molar refractivity (Wildman–Crippen MR) is 166 cm³/mol. The van der Waals surface area contributed by atoms with E-state index in [4.69, 9.17) is 47.4 Å². The van der Waals surface area contributed by atoms with Crippen molar-refractivity contribution in [3.63, 3.8) is 0 Å². The van der Waals surface area contributed by atoms with Crippen LogP contribution in [0.2, 0.25) is 0 Å². The second kappa shape index (κ2) is 18.7. The molecule has 0 bridgehead atoms. The Bertz CT molecular complexity index is 1390. The van der Waals surface area contributed by atoms with Gasteiger partial charge in [-0.05, 0) is 12.1 Å². The van der Waals surface area contributed by atoms with Crippen molar-refractivity contribution in [3.05, 3.63) is 30.3 Å². The van der Waals surface area contributed by atoms with Gasteiger partial charge in [-0.2, -0.15) is 0 Å². The zero-order valence-corrected chi connectivity index (χ0v) is 29.2. The molecule has 2 aliphatic heterocycles. The van der Waals surface area contributed by atoms with Gasteiger partial charge in [-0.3, -0.25) is 33.6 Å². The zero-order chi connectivity index (χ0) is 37.1. The fraction of sp³-hybridized carbons (Fsp3) is 0.594. The molecule has 18 heteroatoms. The molecule has 3 rings (SSSR count). The van der Waals surface area contributed by atoms with Crippen LogP contribution in [-0.4, -0.2) is 116 Å². The first-order chi connectivity index (χ1) is 23.5. The molecule has 0 unspecified atom stereocenters. The summed E-state index contributed by atoms with van der Waals surface area (Å²) >= 11 is 1.12. The van der Waals surface area contributed by atoms with Crippen molar-refractivity contribution in [3.8, 4) is 0 Å². The highest BCUT2D eigenvalue weighted by atomic mass is 32.2. The Balaban J connectivity index is 2.16. The van der Waals surface area contributed by atoms with Crippen molar-refractivity contribution < 1.29 is 80.9 Å². The quantitative estimate of drug-likeness (QED) is 0.207. The Labute approximate surface area is 291 Å². The summed E-state index contributed by atoms with van der Waals surface area (Å²) in [6.45, 7) is 6.66. The van der Waals surface area contributed by atoms with Gasteiger partial charge in [0.25, 0.3) is 0 Å². The van der Waals surface area contributed by atoms with Crippen molar-refractivity contribution in [2.24, 2.45) is 0 Å². The van der Waals surface area contributed by atoms with Crippen LogP contribution in [0.3, 0.4) is 0 Å². The van der Waals surface area contributed by atoms with E-state index < -0.39 is 116 Å². The third kappa shape index (κ3) is 12.0. The molecule has 2 fully saturated rings. The van der Waals surface area contributed by atoms with E-state index in [0.717, 1.165) is 60.2 Å². The molecule has 2 heterocycles. The summed E-state index contributed by atoms with van der Waals surface area (Å²) in [7, 11) is 0. The summed E-state index contributed by atoms with van der Waals surface area (Å²) in [5, 5.41) is 0. The molecule has 0 N–H and O–H groups in total. The van der Waals surface area contributed by atoms with Gasteiger partial charge in [0.2, 0.25) is 0 Å². The molecule has 276 valence electrons. The average molecular weight is 729 g/mol. The Kier molecular flexibility index (Phi) is 15.0. The number of ether oxygens (including phenoxy) is 10. The van der Waals surface area contributed by atoms with Crippen molar-refractivity contribution in [2.45, 2.75) is 114 Å². The largest absolute Gasteiger partial charge is 0.463 e. The van der Waals surface area contributed by atoms with Gasteiger partial charge in [0.15, 0.2) is 36.8 Å². The molecule has 0 amide bonds. The Morgan fingerprint density at radius 3 is 1.42 bits per heavy atom. The summed E-state index contributed by atoms with van der Waals surface area (Å²) in [4.78, 5) is 86.2. The van der Waals surface area contributed by atoms with E-state index in [0.29, 0.717) is 4.90 Å². The molecule has 17 nitrogen and oxygen atoms in total. The first-order valence-corrected chi connectivity index (χ1v) is 16.2. The van der Waals surface area contributed by atoms with Crippen LogP contribution in [-0.2, 0) is 80.9 Å².